The smallest absolute Gasteiger partial charge is 0.255 e. The van der Waals surface area contributed by atoms with Gasteiger partial charge in [0.2, 0.25) is 0 Å². The maximum Gasteiger partial charge on any atom is 0.255 e. The van der Waals surface area contributed by atoms with E-state index < -0.39 is 0 Å². The standard InChI is InChI=1S/C18H20N4O4/c1-11-15(12(2)26-21-11)10-22-9-14(8-19-22)20-18(23)13-5-6-16(24-3)17(7-13)25-4/h5-9H,10H2,1-4H3,(H,20,23). The van der Waals surface area contributed by atoms with Crippen molar-refractivity contribution in [2.75, 3.05) is 19.5 Å². The number of aromatic nitrogens is 3. The summed E-state index contributed by atoms with van der Waals surface area (Å²) in [4.78, 5) is 12.4. The molecule has 2 heterocycles. The zero-order chi connectivity index (χ0) is 18.7. The molecular formula is C18H20N4O4. The molecule has 0 atom stereocenters. The van der Waals surface area contributed by atoms with Gasteiger partial charge in [0.15, 0.2) is 11.5 Å². The Morgan fingerprint density at radius 3 is 2.65 bits per heavy atom. The largest absolute Gasteiger partial charge is 0.493 e. The van der Waals surface area contributed by atoms with Crippen LogP contribution in [0.15, 0.2) is 35.1 Å². The third kappa shape index (κ3) is 3.53. The molecule has 0 aliphatic rings. The Morgan fingerprint density at radius 2 is 2.00 bits per heavy atom. The van der Waals surface area contributed by atoms with E-state index in [1.807, 2.05) is 13.8 Å². The number of ether oxygens (including phenoxy) is 2. The summed E-state index contributed by atoms with van der Waals surface area (Å²) in [7, 11) is 3.07. The first-order valence-electron chi connectivity index (χ1n) is 7.99. The zero-order valence-corrected chi connectivity index (χ0v) is 15.1. The summed E-state index contributed by atoms with van der Waals surface area (Å²) in [5.41, 5.74) is 2.86. The van der Waals surface area contributed by atoms with Crippen LogP contribution in [-0.2, 0) is 6.54 Å². The number of carbonyl (C=O) groups excluding carboxylic acids is 1. The second kappa shape index (κ2) is 7.30. The normalized spacial score (nSPS) is 10.6. The lowest BCUT2D eigenvalue weighted by atomic mass is 10.2. The number of nitrogens with one attached hydrogen (secondary N) is 1. The third-order valence-corrected chi connectivity index (χ3v) is 4.04. The molecule has 3 rings (SSSR count). The molecule has 0 saturated carbocycles. The Labute approximate surface area is 150 Å². The number of anilines is 1. The van der Waals surface area contributed by atoms with Gasteiger partial charge in [0, 0.05) is 17.3 Å². The molecule has 2 aromatic heterocycles. The molecule has 1 aromatic carbocycles. The van der Waals surface area contributed by atoms with Gasteiger partial charge in [-0.15, -0.1) is 0 Å². The lowest BCUT2D eigenvalue weighted by Crippen LogP contribution is -2.11. The lowest BCUT2D eigenvalue weighted by Gasteiger charge is -2.09. The number of hydrogen-bond acceptors (Lipinski definition) is 6. The second-order valence-electron chi connectivity index (χ2n) is 5.75. The lowest BCUT2D eigenvalue weighted by molar-refractivity contribution is 0.102. The van der Waals surface area contributed by atoms with Gasteiger partial charge in [-0.1, -0.05) is 5.16 Å². The first-order chi connectivity index (χ1) is 12.5. The number of carbonyl (C=O) groups is 1. The van der Waals surface area contributed by atoms with Crippen LogP contribution in [-0.4, -0.2) is 35.1 Å². The van der Waals surface area contributed by atoms with E-state index in [9.17, 15) is 4.79 Å². The Kier molecular flexibility index (Phi) is 4.92. The van der Waals surface area contributed by atoms with Crippen molar-refractivity contribution in [1.29, 1.82) is 0 Å². The van der Waals surface area contributed by atoms with E-state index in [1.165, 1.54) is 7.11 Å². The Hall–Kier alpha value is -3.29. The van der Waals surface area contributed by atoms with Crippen LogP contribution in [0, 0.1) is 13.8 Å². The monoisotopic (exact) mass is 356 g/mol. The van der Waals surface area contributed by atoms with Gasteiger partial charge in [-0.3, -0.25) is 9.48 Å². The Morgan fingerprint density at radius 1 is 1.23 bits per heavy atom. The van der Waals surface area contributed by atoms with Crippen molar-refractivity contribution in [2.24, 2.45) is 0 Å². The summed E-state index contributed by atoms with van der Waals surface area (Å²) >= 11 is 0. The predicted molar refractivity (Wildman–Crippen MR) is 94.8 cm³/mol. The molecule has 1 N–H and O–H groups in total. The topological polar surface area (TPSA) is 91.4 Å². The van der Waals surface area contributed by atoms with Crippen molar-refractivity contribution in [1.82, 2.24) is 14.9 Å². The summed E-state index contributed by atoms with van der Waals surface area (Å²) in [5, 5.41) is 11.0. The van der Waals surface area contributed by atoms with Crippen molar-refractivity contribution in [2.45, 2.75) is 20.4 Å². The molecule has 26 heavy (non-hydrogen) atoms. The van der Waals surface area contributed by atoms with Gasteiger partial charge >= 0.3 is 0 Å². The first kappa shape index (κ1) is 17.5. The average molecular weight is 356 g/mol. The highest BCUT2D eigenvalue weighted by atomic mass is 16.5. The van der Waals surface area contributed by atoms with Crippen LogP contribution in [0.4, 0.5) is 5.69 Å². The van der Waals surface area contributed by atoms with Crippen LogP contribution >= 0.6 is 0 Å². The fourth-order valence-corrected chi connectivity index (χ4v) is 2.58. The van der Waals surface area contributed by atoms with Gasteiger partial charge < -0.3 is 19.3 Å². The summed E-state index contributed by atoms with van der Waals surface area (Å²) in [6, 6.07) is 4.99. The van der Waals surface area contributed by atoms with Crippen molar-refractivity contribution in [3.8, 4) is 11.5 Å². The third-order valence-electron chi connectivity index (χ3n) is 4.04. The van der Waals surface area contributed by atoms with Crippen LogP contribution < -0.4 is 14.8 Å². The van der Waals surface area contributed by atoms with Gasteiger partial charge in [0.1, 0.15) is 5.76 Å². The van der Waals surface area contributed by atoms with Crippen LogP contribution in [0.5, 0.6) is 11.5 Å². The first-order valence-corrected chi connectivity index (χ1v) is 7.99. The molecule has 0 radical (unpaired) electrons. The molecule has 0 spiro atoms. The minimum Gasteiger partial charge on any atom is -0.493 e. The van der Waals surface area contributed by atoms with Gasteiger partial charge in [0.25, 0.3) is 5.91 Å². The number of amides is 1. The molecule has 0 aliphatic carbocycles. The number of methoxy groups -OCH3 is 2. The fraction of sp³-hybridized carbons (Fsp3) is 0.278. The van der Waals surface area contributed by atoms with E-state index in [-0.39, 0.29) is 5.91 Å². The van der Waals surface area contributed by atoms with Crippen molar-refractivity contribution in [3.05, 3.63) is 53.2 Å². The molecule has 0 aliphatic heterocycles. The van der Waals surface area contributed by atoms with Crippen LogP contribution in [0.1, 0.15) is 27.4 Å². The SMILES string of the molecule is COc1ccc(C(=O)Nc2cnn(Cc3c(C)noc3C)c2)cc1OC. The molecular weight excluding hydrogens is 336 g/mol. The fourth-order valence-electron chi connectivity index (χ4n) is 2.58. The number of aryl methyl sites for hydroxylation is 2. The van der Waals surface area contributed by atoms with E-state index >= 15 is 0 Å². The van der Waals surface area contributed by atoms with Crippen molar-refractivity contribution in [3.63, 3.8) is 0 Å². The quantitative estimate of drug-likeness (QED) is 0.730. The number of hydrogen-bond donors (Lipinski definition) is 1. The number of benzene rings is 1. The summed E-state index contributed by atoms with van der Waals surface area (Å²) in [6.07, 6.45) is 3.35. The molecule has 8 nitrogen and oxygen atoms in total. The predicted octanol–water partition coefficient (Wildman–Crippen LogP) is 2.81. The van der Waals surface area contributed by atoms with Crippen molar-refractivity contribution >= 4 is 11.6 Å². The summed E-state index contributed by atoms with van der Waals surface area (Å²) in [6.45, 7) is 4.26. The molecule has 0 fully saturated rings. The summed E-state index contributed by atoms with van der Waals surface area (Å²) < 4.78 is 17.3. The molecule has 1 amide bonds. The van der Waals surface area contributed by atoms with E-state index in [0.717, 1.165) is 17.0 Å². The van der Waals surface area contributed by atoms with Crippen LogP contribution in [0.3, 0.4) is 0 Å². The maximum absolute atomic E-state index is 12.4. The molecule has 3 aromatic rings. The molecule has 136 valence electrons. The number of rotatable bonds is 6. The minimum atomic E-state index is -0.261. The van der Waals surface area contributed by atoms with E-state index in [0.29, 0.717) is 29.3 Å². The van der Waals surface area contributed by atoms with E-state index in [2.05, 4.69) is 15.6 Å². The molecule has 0 unspecified atom stereocenters. The van der Waals surface area contributed by atoms with E-state index in [4.69, 9.17) is 14.0 Å². The highest BCUT2D eigenvalue weighted by Crippen LogP contribution is 2.27. The second-order valence-corrected chi connectivity index (χ2v) is 5.75. The Bertz CT molecular complexity index is 910. The van der Waals surface area contributed by atoms with E-state index in [1.54, 1.807) is 42.4 Å². The van der Waals surface area contributed by atoms with Gasteiger partial charge in [0.05, 0.1) is 38.3 Å². The van der Waals surface area contributed by atoms with Gasteiger partial charge in [-0.25, -0.2) is 0 Å². The molecule has 8 heteroatoms. The average Bonchev–Trinajstić information content (AvgIpc) is 3.22. The Balaban J connectivity index is 1.72. The summed E-state index contributed by atoms with van der Waals surface area (Å²) in [5.74, 6) is 1.56. The van der Waals surface area contributed by atoms with Crippen LogP contribution in [0.2, 0.25) is 0 Å². The minimum absolute atomic E-state index is 0.261. The maximum atomic E-state index is 12.4. The van der Waals surface area contributed by atoms with Crippen molar-refractivity contribution < 1.29 is 18.8 Å². The molecule has 0 bridgehead atoms. The number of nitrogens with zero attached hydrogens (tertiary/aromatic N) is 3. The van der Waals surface area contributed by atoms with Crippen LogP contribution in [0.25, 0.3) is 0 Å². The zero-order valence-electron chi connectivity index (χ0n) is 15.1. The highest BCUT2D eigenvalue weighted by molar-refractivity contribution is 6.04. The molecule has 0 saturated heterocycles. The van der Waals surface area contributed by atoms with Gasteiger partial charge in [-0.2, -0.15) is 5.10 Å². The van der Waals surface area contributed by atoms with Gasteiger partial charge in [-0.05, 0) is 32.0 Å². The highest BCUT2D eigenvalue weighted by Gasteiger charge is 2.13.